The summed E-state index contributed by atoms with van der Waals surface area (Å²) in [5.41, 5.74) is 6.03. The minimum atomic E-state index is 0.353. The summed E-state index contributed by atoms with van der Waals surface area (Å²) < 4.78 is 0. The van der Waals surface area contributed by atoms with Gasteiger partial charge in [-0.1, -0.05) is 0 Å². The maximum atomic E-state index is 6.03. The number of rotatable bonds is 2. The molecule has 1 saturated carbocycles. The van der Waals surface area contributed by atoms with Gasteiger partial charge in [-0.05, 0) is 25.8 Å². The van der Waals surface area contributed by atoms with Crippen molar-refractivity contribution in [1.82, 2.24) is 9.80 Å². The zero-order chi connectivity index (χ0) is 9.26. The van der Waals surface area contributed by atoms with Gasteiger partial charge in [-0.2, -0.15) is 0 Å². The largest absolute Gasteiger partial charge is 0.325 e. The molecule has 1 saturated heterocycles. The summed E-state index contributed by atoms with van der Waals surface area (Å²) in [6.45, 7) is 5.84. The van der Waals surface area contributed by atoms with E-state index >= 15 is 0 Å². The fraction of sp³-hybridized carbons (Fsp3) is 1.00. The van der Waals surface area contributed by atoms with Crippen LogP contribution in [0.5, 0.6) is 0 Å². The molecule has 3 nitrogen and oxygen atoms in total. The third kappa shape index (κ3) is 2.93. The van der Waals surface area contributed by atoms with E-state index in [1.54, 1.807) is 0 Å². The molecule has 1 atom stereocenters. The van der Waals surface area contributed by atoms with Crippen molar-refractivity contribution in [3.05, 3.63) is 0 Å². The van der Waals surface area contributed by atoms with Gasteiger partial charge in [0.05, 0.1) is 0 Å². The van der Waals surface area contributed by atoms with Crippen LogP contribution in [0.2, 0.25) is 0 Å². The van der Waals surface area contributed by atoms with Crippen LogP contribution in [0, 0.1) is 5.92 Å². The van der Waals surface area contributed by atoms with Crippen LogP contribution in [0.4, 0.5) is 0 Å². The van der Waals surface area contributed by atoms with E-state index in [-0.39, 0.29) is 0 Å². The van der Waals surface area contributed by atoms with Crippen molar-refractivity contribution in [2.45, 2.75) is 18.9 Å². The predicted molar refractivity (Wildman–Crippen MR) is 54.6 cm³/mol. The van der Waals surface area contributed by atoms with Crippen LogP contribution >= 0.6 is 0 Å². The summed E-state index contributed by atoms with van der Waals surface area (Å²) in [5.74, 6) is 0.996. The quantitative estimate of drug-likeness (QED) is 0.652. The van der Waals surface area contributed by atoms with Gasteiger partial charge in [0.1, 0.15) is 0 Å². The first kappa shape index (κ1) is 9.44. The van der Waals surface area contributed by atoms with Crippen LogP contribution in [0.3, 0.4) is 0 Å². The lowest BCUT2D eigenvalue weighted by Gasteiger charge is -2.21. The fourth-order valence-electron chi connectivity index (χ4n) is 2.12. The Bertz CT molecular complexity index is 168. The van der Waals surface area contributed by atoms with E-state index in [0.29, 0.717) is 6.04 Å². The van der Waals surface area contributed by atoms with Gasteiger partial charge in [-0.3, -0.25) is 0 Å². The van der Waals surface area contributed by atoms with Gasteiger partial charge in [0, 0.05) is 38.8 Å². The van der Waals surface area contributed by atoms with Crippen LogP contribution < -0.4 is 5.73 Å². The number of likely N-dealkylation sites (N-methyl/N-ethyl adjacent to an activating group) is 1. The Morgan fingerprint density at radius 2 is 2.00 bits per heavy atom. The lowest BCUT2D eigenvalue weighted by Crippen LogP contribution is -2.39. The first-order valence-electron chi connectivity index (χ1n) is 5.40. The number of nitrogens with zero attached hydrogens (tertiary/aromatic N) is 2. The average Bonchev–Trinajstić information content (AvgIpc) is 2.83. The normalized spacial score (nSPS) is 33.2. The lowest BCUT2D eigenvalue weighted by atomic mass is 10.3. The Hall–Kier alpha value is -0.120. The highest BCUT2D eigenvalue weighted by Gasteiger charge is 2.26. The molecule has 0 aromatic rings. The summed E-state index contributed by atoms with van der Waals surface area (Å²) in [4.78, 5) is 4.89. The predicted octanol–water partition coefficient (Wildman–Crippen LogP) is -0.0289. The highest BCUT2D eigenvalue weighted by Crippen LogP contribution is 2.29. The molecule has 76 valence electrons. The molecule has 0 unspecified atom stereocenters. The Kier molecular flexibility index (Phi) is 2.86. The van der Waals surface area contributed by atoms with Gasteiger partial charge in [0.25, 0.3) is 0 Å². The number of nitrogens with two attached hydrogens (primary N) is 1. The van der Waals surface area contributed by atoms with Crippen molar-refractivity contribution in [1.29, 1.82) is 0 Å². The molecule has 1 aliphatic heterocycles. The standard InChI is InChI=1S/C10H21N3/c1-12-4-5-13(6-9-2-3-9)8-10(11)7-12/h9-10H,2-8,11H2,1H3/t10-/m1/s1. The van der Waals surface area contributed by atoms with Crippen LogP contribution in [0.1, 0.15) is 12.8 Å². The van der Waals surface area contributed by atoms with Crippen molar-refractivity contribution < 1.29 is 0 Å². The average molecular weight is 183 g/mol. The Morgan fingerprint density at radius 3 is 2.69 bits per heavy atom. The highest BCUT2D eigenvalue weighted by atomic mass is 15.2. The summed E-state index contributed by atoms with van der Waals surface area (Å²) >= 11 is 0. The third-order valence-electron chi connectivity index (χ3n) is 3.05. The SMILES string of the molecule is CN1CCN(CC2CC2)C[C@H](N)C1. The van der Waals surface area contributed by atoms with Crippen molar-refractivity contribution in [2.75, 3.05) is 39.8 Å². The summed E-state index contributed by atoms with van der Waals surface area (Å²) in [5, 5.41) is 0. The molecule has 13 heavy (non-hydrogen) atoms. The van der Waals surface area contributed by atoms with Crippen LogP contribution in [-0.2, 0) is 0 Å². The zero-order valence-electron chi connectivity index (χ0n) is 8.58. The molecule has 0 spiro atoms. The summed E-state index contributed by atoms with van der Waals surface area (Å²) in [6.07, 6.45) is 2.89. The molecule has 0 bridgehead atoms. The van der Waals surface area contributed by atoms with E-state index in [1.807, 2.05) is 0 Å². The maximum absolute atomic E-state index is 6.03. The monoisotopic (exact) mass is 183 g/mol. The first-order valence-corrected chi connectivity index (χ1v) is 5.40. The summed E-state index contributed by atoms with van der Waals surface area (Å²) in [6, 6.07) is 0.353. The number of hydrogen-bond donors (Lipinski definition) is 1. The molecule has 2 N–H and O–H groups in total. The van der Waals surface area contributed by atoms with E-state index in [9.17, 15) is 0 Å². The fourth-order valence-corrected chi connectivity index (χ4v) is 2.12. The van der Waals surface area contributed by atoms with Crippen molar-refractivity contribution in [3.8, 4) is 0 Å². The first-order chi connectivity index (χ1) is 6.24. The van der Waals surface area contributed by atoms with E-state index in [4.69, 9.17) is 5.73 Å². The summed E-state index contributed by atoms with van der Waals surface area (Å²) in [7, 11) is 2.17. The smallest absolute Gasteiger partial charge is 0.0297 e. The Balaban J connectivity index is 1.81. The van der Waals surface area contributed by atoms with Crippen LogP contribution in [0.25, 0.3) is 0 Å². The Morgan fingerprint density at radius 1 is 1.23 bits per heavy atom. The van der Waals surface area contributed by atoms with Gasteiger partial charge in [0.2, 0.25) is 0 Å². The molecule has 1 heterocycles. The molecule has 2 rings (SSSR count). The van der Waals surface area contributed by atoms with Crippen molar-refractivity contribution >= 4 is 0 Å². The second-order valence-electron chi connectivity index (χ2n) is 4.73. The van der Waals surface area contributed by atoms with Gasteiger partial charge in [0.15, 0.2) is 0 Å². The molecule has 1 aliphatic carbocycles. The Labute approximate surface area is 80.9 Å². The second-order valence-corrected chi connectivity index (χ2v) is 4.73. The van der Waals surface area contributed by atoms with E-state index < -0.39 is 0 Å². The van der Waals surface area contributed by atoms with Gasteiger partial charge >= 0.3 is 0 Å². The minimum absolute atomic E-state index is 0.353. The van der Waals surface area contributed by atoms with Gasteiger partial charge in [-0.15, -0.1) is 0 Å². The molecular weight excluding hydrogens is 162 g/mol. The lowest BCUT2D eigenvalue weighted by molar-refractivity contribution is 0.263. The molecule has 0 radical (unpaired) electrons. The van der Waals surface area contributed by atoms with E-state index in [1.165, 1.54) is 32.5 Å². The molecule has 0 aromatic heterocycles. The molecular formula is C10H21N3. The number of hydrogen-bond acceptors (Lipinski definition) is 3. The van der Waals surface area contributed by atoms with E-state index in [2.05, 4.69) is 16.8 Å². The minimum Gasteiger partial charge on any atom is -0.325 e. The third-order valence-corrected chi connectivity index (χ3v) is 3.05. The molecule has 3 heteroatoms. The van der Waals surface area contributed by atoms with Gasteiger partial charge < -0.3 is 15.5 Å². The molecule has 2 aliphatic rings. The van der Waals surface area contributed by atoms with E-state index in [0.717, 1.165) is 19.0 Å². The zero-order valence-corrected chi connectivity index (χ0v) is 8.58. The van der Waals surface area contributed by atoms with Crippen LogP contribution in [-0.4, -0.2) is 55.6 Å². The van der Waals surface area contributed by atoms with Gasteiger partial charge in [-0.25, -0.2) is 0 Å². The molecule has 0 aromatic carbocycles. The highest BCUT2D eigenvalue weighted by molar-refractivity contribution is 4.82. The second kappa shape index (κ2) is 3.95. The molecule has 0 amide bonds. The van der Waals surface area contributed by atoms with Crippen molar-refractivity contribution in [3.63, 3.8) is 0 Å². The maximum Gasteiger partial charge on any atom is 0.0297 e. The molecule has 2 fully saturated rings. The topological polar surface area (TPSA) is 32.5 Å². The van der Waals surface area contributed by atoms with Crippen LogP contribution in [0.15, 0.2) is 0 Å². The van der Waals surface area contributed by atoms with Crippen molar-refractivity contribution in [2.24, 2.45) is 11.7 Å².